The zero-order valence-electron chi connectivity index (χ0n) is 12.3. The minimum atomic E-state index is -0.248. The molecule has 5 nitrogen and oxygen atoms in total. The largest absolute Gasteiger partial charge is 0.351 e. The number of rotatable bonds is 2. The van der Waals surface area contributed by atoms with Crippen molar-refractivity contribution in [2.24, 2.45) is 5.92 Å². The fourth-order valence-electron chi connectivity index (χ4n) is 3.56. The minimum Gasteiger partial charge on any atom is -0.351 e. The molecule has 22 heavy (non-hydrogen) atoms. The van der Waals surface area contributed by atoms with E-state index in [0.29, 0.717) is 22.2 Å². The van der Waals surface area contributed by atoms with Crippen molar-refractivity contribution in [3.63, 3.8) is 0 Å². The molecule has 3 rings (SSSR count). The maximum Gasteiger partial charge on any atom is 0.237 e. The summed E-state index contributed by atoms with van der Waals surface area (Å²) in [4.78, 5) is 26.6. The van der Waals surface area contributed by atoms with Crippen LogP contribution < -0.4 is 10.6 Å². The van der Waals surface area contributed by atoms with Crippen LogP contribution in [0.4, 0.5) is 5.69 Å². The van der Waals surface area contributed by atoms with Gasteiger partial charge in [-0.25, -0.2) is 0 Å². The van der Waals surface area contributed by atoms with Crippen LogP contribution in [0.3, 0.4) is 0 Å². The van der Waals surface area contributed by atoms with E-state index in [2.05, 4.69) is 10.6 Å². The highest BCUT2D eigenvalue weighted by atomic mass is 35.5. The molecule has 0 spiro atoms. The van der Waals surface area contributed by atoms with Gasteiger partial charge in [-0.3, -0.25) is 14.5 Å². The first-order valence-electron chi connectivity index (χ1n) is 7.16. The van der Waals surface area contributed by atoms with E-state index in [1.807, 2.05) is 18.9 Å². The van der Waals surface area contributed by atoms with Crippen LogP contribution in [-0.4, -0.2) is 41.9 Å². The zero-order valence-corrected chi connectivity index (χ0v) is 13.8. The molecule has 2 bridgehead atoms. The second kappa shape index (κ2) is 5.72. The number of hydrogen-bond acceptors (Lipinski definition) is 3. The fourth-order valence-corrected chi connectivity index (χ4v) is 4.09. The van der Waals surface area contributed by atoms with Gasteiger partial charge in [0.25, 0.3) is 0 Å². The molecule has 0 radical (unpaired) electrons. The Balaban J connectivity index is 1.79. The molecule has 2 aliphatic rings. The number of hydrogen-bond donors (Lipinski definition) is 2. The molecule has 2 fully saturated rings. The second-order valence-corrected chi connectivity index (χ2v) is 6.83. The lowest BCUT2D eigenvalue weighted by Gasteiger charge is -2.37. The molecule has 7 heteroatoms. The monoisotopic (exact) mass is 341 g/mol. The lowest BCUT2D eigenvalue weighted by atomic mass is 9.94. The number of likely N-dealkylation sites (N-methyl/N-ethyl adjacent to an activating group) is 1. The van der Waals surface area contributed by atoms with Crippen molar-refractivity contribution in [1.82, 2.24) is 10.2 Å². The molecule has 2 heterocycles. The summed E-state index contributed by atoms with van der Waals surface area (Å²) >= 11 is 11.9. The van der Waals surface area contributed by atoms with E-state index in [-0.39, 0.29) is 35.9 Å². The molecule has 1 aromatic carbocycles. The van der Waals surface area contributed by atoms with Gasteiger partial charge in [0.05, 0.1) is 12.0 Å². The number of fused-ring (bicyclic) bond motifs is 2. The van der Waals surface area contributed by atoms with E-state index in [0.717, 1.165) is 0 Å². The van der Waals surface area contributed by atoms with Crippen molar-refractivity contribution in [2.45, 2.75) is 31.5 Å². The number of carbonyl (C=O) groups is 2. The molecule has 0 aromatic heterocycles. The van der Waals surface area contributed by atoms with Crippen molar-refractivity contribution in [3.05, 3.63) is 28.2 Å². The summed E-state index contributed by atoms with van der Waals surface area (Å²) in [6, 6.07) is 4.62. The summed E-state index contributed by atoms with van der Waals surface area (Å²) in [5.74, 6) is -0.366. The maximum absolute atomic E-state index is 12.6. The van der Waals surface area contributed by atoms with E-state index < -0.39 is 0 Å². The summed E-state index contributed by atoms with van der Waals surface area (Å²) in [6.45, 7) is 1.93. The summed E-state index contributed by atoms with van der Waals surface area (Å²) in [5.41, 5.74) is 0.568. The molecule has 2 aliphatic heterocycles. The van der Waals surface area contributed by atoms with Crippen molar-refractivity contribution in [3.8, 4) is 0 Å². The quantitative estimate of drug-likeness (QED) is 0.866. The molecule has 2 N–H and O–H groups in total. The molecular formula is C15H17Cl2N3O2. The minimum absolute atomic E-state index is 0.00245. The Labute approximate surface area is 138 Å². The number of nitrogens with zero attached hydrogens (tertiary/aromatic N) is 1. The van der Waals surface area contributed by atoms with Crippen LogP contribution in [0.5, 0.6) is 0 Å². The lowest BCUT2D eigenvalue weighted by molar-refractivity contribution is -0.129. The van der Waals surface area contributed by atoms with E-state index in [4.69, 9.17) is 23.2 Å². The van der Waals surface area contributed by atoms with Crippen molar-refractivity contribution < 1.29 is 9.59 Å². The number of amides is 2. The summed E-state index contributed by atoms with van der Waals surface area (Å²) in [5, 5.41) is 6.73. The number of nitrogens with one attached hydrogen (secondary N) is 2. The van der Waals surface area contributed by atoms with Gasteiger partial charge >= 0.3 is 0 Å². The van der Waals surface area contributed by atoms with Crippen LogP contribution in [0, 0.1) is 5.92 Å². The van der Waals surface area contributed by atoms with E-state index in [1.165, 1.54) is 0 Å². The van der Waals surface area contributed by atoms with E-state index >= 15 is 0 Å². The third-order valence-corrected chi connectivity index (χ3v) is 4.94. The molecule has 4 atom stereocenters. The third-order valence-electron chi connectivity index (χ3n) is 4.50. The highest BCUT2D eigenvalue weighted by Crippen LogP contribution is 2.35. The highest BCUT2D eigenvalue weighted by molar-refractivity contribution is 6.35. The van der Waals surface area contributed by atoms with Gasteiger partial charge in [-0.15, -0.1) is 0 Å². The average molecular weight is 342 g/mol. The summed E-state index contributed by atoms with van der Waals surface area (Å²) in [7, 11) is 1.90. The number of halogens is 2. The number of benzene rings is 1. The normalized spacial score (nSPS) is 31.0. The predicted octanol–water partition coefficient (Wildman–Crippen LogP) is 2.14. The Kier molecular flexibility index (Phi) is 4.05. The first kappa shape index (κ1) is 15.6. The van der Waals surface area contributed by atoms with Crippen LogP contribution >= 0.6 is 23.2 Å². The molecular weight excluding hydrogens is 325 g/mol. The third kappa shape index (κ3) is 2.69. The predicted molar refractivity (Wildman–Crippen MR) is 86.1 cm³/mol. The van der Waals surface area contributed by atoms with E-state index in [9.17, 15) is 9.59 Å². The first-order valence-corrected chi connectivity index (χ1v) is 7.91. The Morgan fingerprint density at radius 3 is 2.59 bits per heavy atom. The van der Waals surface area contributed by atoms with Crippen molar-refractivity contribution >= 4 is 40.7 Å². The van der Waals surface area contributed by atoms with Gasteiger partial charge in [0.15, 0.2) is 0 Å². The Morgan fingerprint density at radius 2 is 1.95 bits per heavy atom. The molecule has 1 aromatic rings. The lowest BCUT2D eigenvalue weighted by Crippen LogP contribution is -2.59. The van der Waals surface area contributed by atoms with Gasteiger partial charge in [0.2, 0.25) is 11.8 Å². The number of anilines is 1. The Hall–Kier alpha value is -1.30. The number of carbonyl (C=O) groups excluding carboxylic acids is 2. The molecule has 0 aliphatic carbocycles. The molecule has 0 saturated carbocycles. The molecule has 118 valence electrons. The van der Waals surface area contributed by atoms with Gasteiger partial charge < -0.3 is 10.6 Å². The maximum atomic E-state index is 12.6. The molecule has 1 unspecified atom stereocenters. The standard InChI is InChI=1S/C15H17Cl2N3O2/c1-7-13-11(6-12(20(13)2)15(22)18-7)14(21)19-10-4-8(16)3-9(17)5-10/h3-5,7,11-13H,6H2,1-2H3,(H,18,22)(H,19,21)/t7?,11-,12+,13+/m0/s1. The van der Waals surface area contributed by atoms with Gasteiger partial charge in [-0.2, -0.15) is 0 Å². The number of piperazine rings is 1. The van der Waals surface area contributed by atoms with Gasteiger partial charge in [-0.05, 0) is 38.6 Å². The van der Waals surface area contributed by atoms with Gasteiger partial charge in [0, 0.05) is 27.8 Å². The van der Waals surface area contributed by atoms with E-state index in [1.54, 1.807) is 18.2 Å². The van der Waals surface area contributed by atoms with Crippen LogP contribution in [-0.2, 0) is 9.59 Å². The average Bonchev–Trinajstić information content (AvgIpc) is 2.67. The van der Waals surface area contributed by atoms with Crippen LogP contribution in [0.1, 0.15) is 13.3 Å². The topological polar surface area (TPSA) is 61.4 Å². The Morgan fingerprint density at radius 1 is 1.32 bits per heavy atom. The second-order valence-electron chi connectivity index (χ2n) is 5.96. The molecule has 2 amide bonds. The zero-order chi connectivity index (χ0) is 16.0. The van der Waals surface area contributed by atoms with Crippen LogP contribution in [0.2, 0.25) is 10.0 Å². The van der Waals surface area contributed by atoms with Crippen LogP contribution in [0.25, 0.3) is 0 Å². The first-order chi connectivity index (χ1) is 10.4. The van der Waals surface area contributed by atoms with Gasteiger partial charge in [0.1, 0.15) is 0 Å². The van der Waals surface area contributed by atoms with Crippen molar-refractivity contribution in [1.29, 1.82) is 0 Å². The fraction of sp³-hybridized carbons (Fsp3) is 0.467. The van der Waals surface area contributed by atoms with Crippen LogP contribution in [0.15, 0.2) is 18.2 Å². The molecule has 2 saturated heterocycles. The SMILES string of the molecule is CC1NC(=O)[C@H]2C[C@H](C(=O)Nc3cc(Cl)cc(Cl)c3)[C@@H]1N2C. The van der Waals surface area contributed by atoms with Gasteiger partial charge in [-0.1, -0.05) is 23.2 Å². The van der Waals surface area contributed by atoms with Crippen molar-refractivity contribution in [2.75, 3.05) is 12.4 Å². The Bertz CT molecular complexity index is 617. The highest BCUT2D eigenvalue weighted by Gasteiger charge is 2.51. The summed E-state index contributed by atoms with van der Waals surface area (Å²) < 4.78 is 0. The summed E-state index contributed by atoms with van der Waals surface area (Å²) in [6.07, 6.45) is 0.525. The smallest absolute Gasteiger partial charge is 0.237 e.